The van der Waals surface area contributed by atoms with E-state index in [-0.39, 0.29) is 11.5 Å². The summed E-state index contributed by atoms with van der Waals surface area (Å²) >= 11 is 0. The van der Waals surface area contributed by atoms with Crippen molar-refractivity contribution in [2.45, 2.75) is 36.6 Å². The van der Waals surface area contributed by atoms with E-state index >= 15 is 4.48 Å². The minimum Gasteiger partial charge on any atom is -0.493 e. The molecule has 2 aliphatic rings. The van der Waals surface area contributed by atoms with Gasteiger partial charge in [0.05, 0.1) is 11.5 Å². The summed E-state index contributed by atoms with van der Waals surface area (Å²) < 4.78 is 47.9. The predicted molar refractivity (Wildman–Crippen MR) is 127 cm³/mol. The zero-order chi connectivity index (χ0) is 24.5. The molecule has 0 bridgehead atoms. The van der Waals surface area contributed by atoms with Crippen molar-refractivity contribution in [3.8, 4) is 5.75 Å². The maximum absolute atomic E-state index is 15.9. The second kappa shape index (κ2) is 9.48. The van der Waals surface area contributed by atoms with Gasteiger partial charge in [-0.1, -0.05) is 62.4 Å². The van der Waals surface area contributed by atoms with Crippen LogP contribution in [0.3, 0.4) is 0 Å². The Morgan fingerprint density at radius 1 is 1.18 bits per heavy atom. The number of rotatable bonds is 10. The SMILES string of the molecule is CCN(CC)CC/C=C\c1ccccc1S(=O)(=O)N(F)C1(C(=O)O)C2COc3ccccc3C21. The summed E-state index contributed by atoms with van der Waals surface area (Å²) in [5.74, 6) is -2.72. The molecule has 2 aromatic rings. The van der Waals surface area contributed by atoms with E-state index in [1.165, 1.54) is 12.1 Å². The minimum absolute atomic E-state index is 0.0726. The first-order valence-electron chi connectivity index (χ1n) is 11.4. The quantitative estimate of drug-likeness (QED) is 0.510. The van der Waals surface area contributed by atoms with Crippen molar-refractivity contribution >= 4 is 22.1 Å². The van der Waals surface area contributed by atoms with Crippen LogP contribution in [0.1, 0.15) is 37.3 Å². The van der Waals surface area contributed by atoms with Crippen molar-refractivity contribution in [1.82, 2.24) is 9.43 Å². The Balaban J connectivity index is 1.65. The summed E-state index contributed by atoms with van der Waals surface area (Å²) in [6, 6.07) is 12.8. The number of carboxylic acid groups (broad SMARTS) is 1. The van der Waals surface area contributed by atoms with Crippen LogP contribution in [0.4, 0.5) is 4.48 Å². The Bertz CT molecular complexity index is 1200. The van der Waals surface area contributed by atoms with Crippen LogP contribution in [0.25, 0.3) is 6.08 Å². The molecule has 1 fully saturated rings. The predicted octanol–water partition coefficient (Wildman–Crippen LogP) is 3.94. The Labute approximate surface area is 199 Å². The van der Waals surface area contributed by atoms with Crippen LogP contribution >= 0.6 is 0 Å². The van der Waals surface area contributed by atoms with Crippen LogP contribution in [0.15, 0.2) is 59.5 Å². The molecule has 0 radical (unpaired) electrons. The summed E-state index contributed by atoms with van der Waals surface area (Å²) in [5.41, 5.74) is -1.43. The number of halogens is 1. The van der Waals surface area contributed by atoms with Gasteiger partial charge in [0.2, 0.25) is 0 Å². The highest BCUT2D eigenvalue weighted by Crippen LogP contribution is 2.66. The molecule has 4 rings (SSSR count). The first-order valence-corrected chi connectivity index (χ1v) is 12.9. The van der Waals surface area contributed by atoms with Crippen molar-refractivity contribution in [2.75, 3.05) is 26.2 Å². The van der Waals surface area contributed by atoms with Crippen LogP contribution in [-0.4, -0.2) is 60.7 Å². The van der Waals surface area contributed by atoms with Crippen LogP contribution < -0.4 is 4.74 Å². The molecule has 7 nitrogen and oxygen atoms in total. The molecule has 34 heavy (non-hydrogen) atoms. The Hall–Kier alpha value is -2.75. The maximum Gasteiger partial charge on any atom is 0.329 e. The lowest BCUT2D eigenvalue weighted by molar-refractivity contribution is -0.149. The fraction of sp³-hybridized carbons (Fsp3) is 0.400. The number of carbonyl (C=O) groups is 1. The molecule has 1 aliphatic carbocycles. The van der Waals surface area contributed by atoms with E-state index in [4.69, 9.17) is 4.74 Å². The lowest BCUT2D eigenvalue weighted by atomic mass is 10.0. The molecule has 3 unspecified atom stereocenters. The summed E-state index contributed by atoms with van der Waals surface area (Å²) in [4.78, 5) is 14.3. The Morgan fingerprint density at radius 3 is 2.56 bits per heavy atom. The molecule has 0 spiro atoms. The first kappa shape index (κ1) is 24.4. The number of sulfonamides is 1. The number of fused-ring (bicyclic) bond motifs is 3. The Morgan fingerprint density at radius 2 is 1.85 bits per heavy atom. The second-order valence-electron chi connectivity index (χ2n) is 8.54. The van der Waals surface area contributed by atoms with Crippen molar-refractivity contribution in [3.05, 3.63) is 65.7 Å². The number of benzene rings is 2. The van der Waals surface area contributed by atoms with Gasteiger partial charge < -0.3 is 14.7 Å². The second-order valence-corrected chi connectivity index (χ2v) is 10.2. The van der Waals surface area contributed by atoms with Crippen LogP contribution in [-0.2, 0) is 14.8 Å². The van der Waals surface area contributed by atoms with Crippen molar-refractivity contribution < 1.29 is 27.5 Å². The molecule has 1 saturated carbocycles. The molecule has 1 aliphatic heterocycles. The number of ether oxygens (including phenoxy) is 1. The molecular formula is C25H29FN2O5S. The van der Waals surface area contributed by atoms with Crippen LogP contribution in [0.2, 0.25) is 0 Å². The summed E-state index contributed by atoms with van der Waals surface area (Å²) in [6.45, 7) is 6.72. The summed E-state index contributed by atoms with van der Waals surface area (Å²) in [6.07, 6.45) is 4.20. The molecule has 3 atom stereocenters. The van der Waals surface area contributed by atoms with E-state index in [1.54, 1.807) is 42.5 Å². The largest absolute Gasteiger partial charge is 0.493 e. The van der Waals surface area contributed by atoms with Gasteiger partial charge in [0.25, 0.3) is 10.0 Å². The highest BCUT2D eigenvalue weighted by atomic mass is 32.2. The molecule has 0 amide bonds. The van der Waals surface area contributed by atoms with Crippen molar-refractivity contribution in [3.63, 3.8) is 0 Å². The Kier molecular flexibility index (Phi) is 6.80. The third kappa shape index (κ3) is 3.91. The molecule has 1 N–H and O–H groups in total. The summed E-state index contributed by atoms with van der Waals surface area (Å²) in [5, 5.41) is 10.1. The zero-order valence-electron chi connectivity index (χ0n) is 19.2. The van der Waals surface area contributed by atoms with Crippen LogP contribution in [0, 0.1) is 5.92 Å². The van der Waals surface area contributed by atoms with Gasteiger partial charge in [-0.05, 0) is 41.7 Å². The smallest absolute Gasteiger partial charge is 0.329 e. The number of hydrogen-bond donors (Lipinski definition) is 1. The molecule has 9 heteroatoms. The summed E-state index contributed by atoms with van der Waals surface area (Å²) in [7, 11) is -4.76. The fourth-order valence-corrected chi connectivity index (χ4v) is 6.50. The van der Waals surface area contributed by atoms with Gasteiger partial charge in [-0.3, -0.25) is 4.79 Å². The number of hydrogen-bond acceptors (Lipinski definition) is 5. The average Bonchev–Trinajstić information content (AvgIpc) is 3.54. The van der Waals surface area contributed by atoms with E-state index in [1.807, 2.05) is 6.08 Å². The van der Waals surface area contributed by atoms with Crippen molar-refractivity contribution in [2.24, 2.45) is 5.92 Å². The van der Waals surface area contributed by atoms with Gasteiger partial charge in [0.15, 0.2) is 5.54 Å². The van der Waals surface area contributed by atoms with Gasteiger partial charge in [-0.2, -0.15) is 0 Å². The van der Waals surface area contributed by atoms with Crippen molar-refractivity contribution in [1.29, 1.82) is 0 Å². The average molecular weight is 489 g/mol. The lowest BCUT2D eigenvalue weighted by Gasteiger charge is -2.22. The molecule has 1 heterocycles. The standard InChI is InChI=1S/C25H29FN2O5S/c1-3-27(4-2)16-10-9-12-18-11-5-8-15-22(18)34(31,32)28(26)25(24(29)30)20-17-33-21-14-7-6-13-19(21)23(20)25/h5-9,11-15,20,23H,3-4,10,16-17H2,1-2H3,(H,29,30)/b12-9-. The van der Waals surface area contributed by atoms with Gasteiger partial charge in [-0.25, -0.2) is 8.42 Å². The normalized spacial score (nSPS) is 23.6. The van der Waals surface area contributed by atoms with E-state index in [0.717, 1.165) is 19.6 Å². The van der Waals surface area contributed by atoms with E-state index in [9.17, 15) is 18.3 Å². The lowest BCUT2D eigenvalue weighted by Crippen LogP contribution is -2.45. The molecular weight excluding hydrogens is 459 g/mol. The van der Waals surface area contributed by atoms with Gasteiger partial charge in [0, 0.05) is 23.9 Å². The maximum atomic E-state index is 15.9. The number of aliphatic carboxylic acids is 1. The number of para-hydroxylation sites is 1. The topological polar surface area (TPSA) is 87.2 Å². The molecule has 2 aromatic carbocycles. The highest BCUT2D eigenvalue weighted by Gasteiger charge is 2.79. The zero-order valence-corrected chi connectivity index (χ0v) is 20.0. The van der Waals surface area contributed by atoms with E-state index in [2.05, 4.69) is 18.7 Å². The van der Waals surface area contributed by atoms with E-state index in [0.29, 0.717) is 23.3 Å². The monoisotopic (exact) mass is 488 g/mol. The van der Waals surface area contributed by atoms with Crippen LogP contribution in [0.5, 0.6) is 5.75 Å². The van der Waals surface area contributed by atoms with Gasteiger partial charge in [-0.15, -0.1) is 4.48 Å². The van der Waals surface area contributed by atoms with E-state index < -0.39 is 37.9 Å². The number of nitrogens with zero attached hydrogens (tertiary/aromatic N) is 2. The third-order valence-electron chi connectivity index (χ3n) is 6.85. The highest BCUT2D eigenvalue weighted by molar-refractivity contribution is 7.89. The van der Waals surface area contributed by atoms with Gasteiger partial charge in [0.1, 0.15) is 5.75 Å². The fourth-order valence-electron chi connectivity index (χ4n) is 4.92. The van der Waals surface area contributed by atoms with Gasteiger partial charge >= 0.3 is 5.97 Å². The third-order valence-corrected chi connectivity index (χ3v) is 8.50. The molecule has 0 aromatic heterocycles. The minimum atomic E-state index is -4.76. The molecule has 182 valence electrons. The molecule has 0 saturated heterocycles. The first-order chi connectivity index (χ1) is 16.3. The number of carboxylic acids is 1.